The van der Waals surface area contributed by atoms with Crippen LogP contribution >= 0.6 is 11.6 Å². The van der Waals surface area contributed by atoms with Crippen molar-refractivity contribution in [3.8, 4) is 0 Å². The summed E-state index contributed by atoms with van der Waals surface area (Å²) in [7, 11) is 1.80. The van der Waals surface area contributed by atoms with Gasteiger partial charge in [-0.05, 0) is 25.8 Å². The predicted octanol–water partition coefficient (Wildman–Crippen LogP) is 3.28. The van der Waals surface area contributed by atoms with Crippen molar-refractivity contribution in [2.75, 3.05) is 18.9 Å². The van der Waals surface area contributed by atoms with E-state index < -0.39 is 0 Å². The van der Waals surface area contributed by atoms with Crippen molar-refractivity contribution in [1.82, 2.24) is 9.88 Å². The second kappa shape index (κ2) is 6.75. The third kappa shape index (κ3) is 3.83. The summed E-state index contributed by atoms with van der Waals surface area (Å²) in [6.07, 6.45) is 1.51. The summed E-state index contributed by atoms with van der Waals surface area (Å²) >= 11 is 6.08. The van der Waals surface area contributed by atoms with Crippen molar-refractivity contribution in [3.05, 3.63) is 22.8 Å². The van der Waals surface area contributed by atoms with E-state index in [1.807, 2.05) is 13.8 Å². The number of amides is 1. The highest BCUT2D eigenvalue weighted by molar-refractivity contribution is 6.33. The number of carbonyl (C=O) groups is 1. The Kier molecular flexibility index (Phi) is 5.60. The minimum Gasteiger partial charge on any atom is -0.370 e. The van der Waals surface area contributed by atoms with Gasteiger partial charge in [-0.1, -0.05) is 25.4 Å². The lowest BCUT2D eigenvalue weighted by atomic mass is 10.0. The van der Waals surface area contributed by atoms with Crippen LogP contribution in [0, 0.1) is 5.92 Å². The topological polar surface area (TPSA) is 45.2 Å². The quantitative estimate of drug-likeness (QED) is 0.902. The second-order valence-electron chi connectivity index (χ2n) is 4.98. The summed E-state index contributed by atoms with van der Waals surface area (Å²) in [5, 5.41) is 3.46. The maximum atomic E-state index is 12.5. The number of aromatic nitrogens is 1. The van der Waals surface area contributed by atoms with Gasteiger partial charge in [0, 0.05) is 25.8 Å². The van der Waals surface area contributed by atoms with Gasteiger partial charge >= 0.3 is 0 Å². The number of carbonyl (C=O) groups excluding carboxylic acids is 1. The second-order valence-corrected chi connectivity index (χ2v) is 5.39. The van der Waals surface area contributed by atoms with Crippen molar-refractivity contribution in [3.63, 3.8) is 0 Å². The lowest BCUT2D eigenvalue weighted by Crippen LogP contribution is -2.38. The molecule has 1 aromatic heterocycles. The highest BCUT2D eigenvalue weighted by Crippen LogP contribution is 2.21. The van der Waals surface area contributed by atoms with E-state index in [-0.39, 0.29) is 11.9 Å². The number of nitrogens with zero attached hydrogens (tertiary/aromatic N) is 2. The van der Waals surface area contributed by atoms with Gasteiger partial charge in [0.05, 0.1) is 10.6 Å². The molecule has 1 heterocycles. The van der Waals surface area contributed by atoms with E-state index in [2.05, 4.69) is 24.1 Å². The standard InChI is InChI=1S/C14H22ClN3O/c1-6-16-13-7-11(12(15)8-17-13)14(19)18(5)10(4)9(2)3/h7-10H,6H2,1-5H3,(H,16,17). The third-order valence-electron chi connectivity index (χ3n) is 3.34. The molecule has 1 aromatic rings. The van der Waals surface area contributed by atoms with Crippen molar-refractivity contribution in [1.29, 1.82) is 0 Å². The van der Waals surface area contributed by atoms with Crippen molar-refractivity contribution >= 4 is 23.3 Å². The zero-order valence-electron chi connectivity index (χ0n) is 12.2. The van der Waals surface area contributed by atoms with Crippen LogP contribution in [0.15, 0.2) is 12.3 Å². The molecule has 1 rings (SSSR count). The summed E-state index contributed by atoms with van der Waals surface area (Å²) < 4.78 is 0. The maximum absolute atomic E-state index is 12.5. The van der Waals surface area contributed by atoms with E-state index in [1.54, 1.807) is 18.0 Å². The zero-order valence-corrected chi connectivity index (χ0v) is 13.0. The highest BCUT2D eigenvalue weighted by Gasteiger charge is 2.22. The number of hydrogen-bond acceptors (Lipinski definition) is 3. The Bertz CT molecular complexity index is 448. The molecular weight excluding hydrogens is 262 g/mol. The van der Waals surface area contributed by atoms with E-state index in [1.165, 1.54) is 6.20 Å². The van der Waals surface area contributed by atoms with Crippen molar-refractivity contribution in [2.45, 2.75) is 33.7 Å². The van der Waals surface area contributed by atoms with Crippen LogP contribution in [-0.4, -0.2) is 35.4 Å². The molecule has 0 radical (unpaired) electrons. The van der Waals surface area contributed by atoms with Crippen LogP contribution in [0.2, 0.25) is 5.02 Å². The fraction of sp³-hybridized carbons (Fsp3) is 0.571. The number of pyridine rings is 1. The molecular formula is C14H22ClN3O. The van der Waals surface area contributed by atoms with Crippen LogP contribution in [0.3, 0.4) is 0 Å². The van der Waals surface area contributed by atoms with Crippen LogP contribution in [0.25, 0.3) is 0 Å². The van der Waals surface area contributed by atoms with Gasteiger partial charge in [-0.25, -0.2) is 4.98 Å². The SMILES string of the molecule is CCNc1cc(C(=O)N(C)C(C)C(C)C)c(Cl)cn1. The molecule has 0 fully saturated rings. The molecule has 106 valence electrons. The number of anilines is 1. The van der Waals surface area contributed by atoms with E-state index >= 15 is 0 Å². The normalized spacial score (nSPS) is 12.4. The van der Waals surface area contributed by atoms with Gasteiger partial charge in [-0.15, -0.1) is 0 Å². The molecule has 19 heavy (non-hydrogen) atoms. The van der Waals surface area contributed by atoms with Crippen molar-refractivity contribution < 1.29 is 4.79 Å². The first-order valence-electron chi connectivity index (χ1n) is 6.55. The number of halogens is 1. The first-order valence-corrected chi connectivity index (χ1v) is 6.92. The maximum Gasteiger partial charge on any atom is 0.255 e. The summed E-state index contributed by atoms with van der Waals surface area (Å²) in [6.45, 7) is 8.94. The van der Waals surface area contributed by atoms with E-state index in [9.17, 15) is 4.79 Å². The molecule has 1 N–H and O–H groups in total. The molecule has 0 aliphatic carbocycles. The first kappa shape index (κ1) is 15.8. The number of hydrogen-bond donors (Lipinski definition) is 1. The minimum atomic E-state index is -0.0762. The summed E-state index contributed by atoms with van der Waals surface area (Å²) in [5.74, 6) is 0.983. The van der Waals surface area contributed by atoms with Gasteiger partial charge in [0.15, 0.2) is 0 Å². The van der Waals surface area contributed by atoms with Gasteiger partial charge in [0.2, 0.25) is 0 Å². The fourth-order valence-corrected chi connectivity index (χ4v) is 1.89. The average molecular weight is 284 g/mol. The van der Waals surface area contributed by atoms with Gasteiger partial charge < -0.3 is 10.2 Å². The molecule has 0 aliphatic rings. The Morgan fingerprint density at radius 2 is 2.11 bits per heavy atom. The fourth-order valence-electron chi connectivity index (χ4n) is 1.70. The van der Waals surface area contributed by atoms with Gasteiger partial charge in [0.1, 0.15) is 5.82 Å². The Morgan fingerprint density at radius 3 is 2.63 bits per heavy atom. The van der Waals surface area contributed by atoms with Crippen LogP contribution in [0.1, 0.15) is 38.1 Å². The molecule has 0 saturated carbocycles. The average Bonchev–Trinajstić information content (AvgIpc) is 2.38. The van der Waals surface area contributed by atoms with Crippen molar-refractivity contribution in [2.24, 2.45) is 5.92 Å². The summed E-state index contributed by atoms with van der Waals surface area (Å²) in [4.78, 5) is 18.3. The van der Waals surface area contributed by atoms with Gasteiger partial charge in [-0.2, -0.15) is 0 Å². The number of rotatable bonds is 5. The summed E-state index contributed by atoms with van der Waals surface area (Å²) in [5.41, 5.74) is 0.489. The summed E-state index contributed by atoms with van der Waals surface area (Å²) in [6, 6.07) is 1.86. The third-order valence-corrected chi connectivity index (χ3v) is 3.64. The minimum absolute atomic E-state index is 0.0762. The van der Waals surface area contributed by atoms with Crippen LogP contribution in [0.5, 0.6) is 0 Å². The Balaban J connectivity index is 3.01. The Hall–Kier alpha value is -1.29. The van der Waals surface area contributed by atoms with E-state index in [4.69, 9.17) is 11.6 Å². The Labute approximate surface area is 120 Å². The lowest BCUT2D eigenvalue weighted by Gasteiger charge is -2.28. The van der Waals surface area contributed by atoms with Crippen LogP contribution < -0.4 is 5.32 Å². The smallest absolute Gasteiger partial charge is 0.255 e. The molecule has 1 amide bonds. The van der Waals surface area contributed by atoms with E-state index in [0.29, 0.717) is 22.3 Å². The molecule has 0 aliphatic heterocycles. The molecule has 0 saturated heterocycles. The zero-order chi connectivity index (χ0) is 14.6. The molecule has 0 bridgehead atoms. The molecule has 1 atom stereocenters. The monoisotopic (exact) mass is 283 g/mol. The van der Waals surface area contributed by atoms with Gasteiger partial charge in [0.25, 0.3) is 5.91 Å². The Morgan fingerprint density at radius 1 is 1.47 bits per heavy atom. The van der Waals surface area contributed by atoms with Gasteiger partial charge in [-0.3, -0.25) is 4.79 Å². The molecule has 4 nitrogen and oxygen atoms in total. The largest absolute Gasteiger partial charge is 0.370 e. The highest BCUT2D eigenvalue weighted by atomic mass is 35.5. The lowest BCUT2D eigenvalue weighted by molar-refractivity contribution is 0.0707. The predicted molar refractivity (Wildman–Crippen MR) is 79.8 cm³/mol. The molecule has 1 unspecified atom stereocenters. The first-order chi connectivity index (χ1) is 8.88. The molecule has 0 spiro atoms. The molecule has 5 heteroatoms. The van der Waals surface area contributed by atoms with E-state index in [0.717, 1.165) is 6.54 Å². The molecule has 0 aromatic carbocycles. The van der Waals surface area contributed by atoms with Crippen LogP contribution in [0.4, 0.5) is 5.82 Å². The number of nitrogens with one attached hydrogen (secondary N) is 1. The van der Waals surface area contributed by atoms with Crippen LogP contribution in [-0.2, 0) is 0 Å².